The number of anilines is 1. The molecule has 0 atom stereocenters. The van der Waals surface area contributed by atoms with Gasteiger partial charge >= 0.3 is 0 Å². The Hall–Kier alpha value is -1.35. The summed E-state index contributed by atoms with van der Waals surface area (Å²) in [5.74, 6) is 0.445. The van der Waals surface area contributed by atoms with Gasteiger partial charge in [-0.15, -0.1) is 0 Å². The predicted octanol–water partition coefficient (Wildman–Crippen LogP) is 4.06. The topological polar surface area (TPSA) is 69.6 Å². The number of halogens is 1. The normalized spacial score (nSPS) is 13.6. The minimum atomic E-state index is 0.445. The summed E-state index contributed by atoms with van der Waals surface area (Å²) in [6.45, 7) is 3.03. The fourth-order valence-corrected chi connectivity index (χ4v) is 5.03. The van der Waals surface area contributed by atoms with E-state index in [0.29, 0.717) is 11.3 Å². The highest BCUT2D eigenvalue weighted by molar-refractivity contribution is 14.1. The largest absolute Gasteiger partial charge is 0.382 e. The van der Waals surface area contributed by atoms with Gasteiger partial charge in [-0.2, -0.15) is 0 Å². The molecule has 124 valence electrons. The standard InChI is InChI=1S/C17H18IN5S/c1-2-6-23-16-14(15(19)20-9-21-16)22-17(23)24-13-8-11-5-3-4-10(11)7-12(13)18/h7-9H,2-6H2,1H3,(H2,19,20,21). The lowest BCUT2D eigenvalue weighted by molar-refractivity contribution is 0.633. The molecular weight excluding hydrogens is 433 g/mol. The molecule has 0 saturated carbocycles. The molecule has 0 bridgehead atoms. The van der Waals surface area contributed by atoms with Crippen LogP contribution in [0.4, 0.5) is 5.82 Å². The maximum absolute atomic E-state index is 5.99. The van der Waals surface area contributed by atoms with Crippen molar-refractivity contribution >= 4 is 51.3 Å². The van der Waals surface area contributed by atoms with Crippen LogP contribution >= 0.6 is 34.4 Å². The van der Waals surface area contributed by atoms with E-state index in [2.05, 4.69) is 56.2 Å². The van der Waals surface area contributed by atoms with Gasteiger partial charge in [-0.3, -0.25) is 0 Å². The van der Waals surface area contributed by atoms with Crippen LogP contribution in [0.15, 0.2) is 28.5 Å². The van der Waals surface area contributed by atoms with Gasteiger partial charge in [0.25, 0.3) is 0 Å². The van der Waals surface area contributed by atoms with Crippen LogP contribution in [0.3, 0.4) is 0 Å². The summed E-state index contributed by atoms with van der Waals surface area (Å²) in [6.07, 6.45) is 6.18. The molecule has 0 amide bonds. The van der Waals surface area contributed by atoms with E-state index >= 15 is 0 Å². The van der Waals surface area contributed by atoms with E-state index in [-0.39, 0.29) is 0 Å². The molecule has 0 spiro atoms. The molecule has 2 heterocycles. The molecule has 5 nitrogen and oxygen atoms in total. The zero-order valence-electron chi connectivity index (χ0n) is 13.4. The summed E-state index contributed by atoms with van der Waals surface area (Å²) in [7, 11) is 0. The first-order chi connectivity index (χ1) is 11.7. The number of nitrogens with zero attached hydrogens (tertiary/aromatic N) is 4. The molecule has 2 aromatic heterocycles. The maximum atomic E-state index is 5.99. The van der Waals surface area contributed by atoms with Crippen LogP contribution < -0.4 is 5.73 Å². The zero-order chi connectivity index (χ0) is 16.7. The van der Waals surface area contributed by atoms with Crippen molar-refractivity contribution in [1.29, 1.82) is 0 Å². The first-order valence-corrected chi connectivity index (χ1v) is 10.0. The molecule has 1 aliphatic carbocycles. The highest BCUT2D eigenvalue weighted by atomic mass is 127. The minimum Gasteiger partial charge on any atom is -0.382 e. The summed E-state index contributed by atoms with van der Waals surface area (Å²) in [5, 5.41) is 0.940. The third-order valence-electron chi connectivity index (χ3n) is 4.32. The number of imidazole rings is 1. The van der Waals surface area contributed by atoms with E-state index in [1.165, 1.54) is 45.2 Å². The van der Waals surface area contributed by atoms with Crippen molar-refractivity contribution in [3.63, 3.8) is 0 Å². The van der Waals surface area contributed by atoms with Crippen LogP contribution in [0, 0.1) is 3.57 Å². The number of hydrogen-bond acceptors (Lipinski definition) is 5. The summed E-state index contributed by atoms with van der Waals surface area (Å²) in [4.78, 5) is 14.5. The number of rotatable bonds is 4. The van der Waals surface area contributed by atoms with Crippen LogP contribution in [-0.2, 0) is 19.4 Å². The van der Waals surface area contributed by atoms with Gasteiger partial charge in [0.2, 0.25) is 0 Å². The van der Waals surface area contributed by atoms with Crippen LogP contribution in [-0.4, -0.2) is 19.5 Å². The Labute approximate surface area is 158 Å². The van der Waals surface area contributed by atoms with E-state index in [0.717, 1.165) is 23.8 Å². The van der Waals surface area contributed by atoms with Gasteiger partial charge in [0.15, 0.2) is 22.1 Å². The lowest BCUT2D eigenvalue weighted by Gasteiger charge is -2.10. The summed E-state index contributed by atoms with van der Waals surface area (Å²) in [5.41, 5.74) is 10.5. The van der Waals surface area contributed by atoms with Crippen molar-refractivity contribution in [2.45, 2.75) is 49.2 Å². The average molecular weight is 451 g/mol. The van der Waals surface area contributed by atoms with Gasteiger partial charge in [-0.05, 0) is 71.5 Å². The molecule has 24 heavy (non-hydrogen) atoms. The molecule has 0 unspecified atom stereocenters. The van der Waals surface area contributed by atoms with Crippen molar-refractivity contribution in [3.05, 3.63) is 33.2 Å². The molecule has 0 saturated heterocycles. The fourth-order valence-electron chi connectivity index (χ4n) is 3.19. The summed E-state index contributed by atoms with van der Waals surface area (Å²) in [6, 6.07) is 4.66. The Morgan fingerprint density at radius 2 is 2.04 bits per heavy atom. The van der Waals surface area contributed by atoms with Crippen LogP contribution in [0.5, 0.6) is 0 Å². The van der Waals surface area contributed by atoms with Gasteiger partial charge in [0, 0.05) is 15.0 Å². The Balaban J connectivity index is 1.80. The molecule has 2 N–H and O–H groups in total. The number of aromatic nitrogens is 4. The third-order valence-corrected chi connectivity index (χ3v) is 6.63. The highest BCUT2D eigenvalue weighted by Gasteiger charge is 2.19. The van der Waals surface area contributed by atoms with E-state index in [1.807, 2.05) is 0 Å². The average Bonchev–Trinajstić information content (AvgIpc) is 3.14. The Morgan fingerprint density at radius 3 is 2.83 bits per heavy atom. The van der Waals surface area contributed by atoms with Crippen LogP contribution in [0.25, 0.3) is 11.2 Å². The van der Waals surface area contributed by atoms with Crippen LogP contribution in [0.1, 0.15) is 30.9 Å². The molecule has 1 aliphatic rings. The molecule has 0 aliphatic heterocycles. The van der Waals surface area contributed by atoms with Crippen molar-refractivity contribution < 1.29 is 0 Å². The fraction of sp³-hybridized carbons (Fsp3) is 0.353. The van der Waals surface area contributed by atoms with E-state index in [9.17, 15) is 0 Å². The Bertz CT molecular complexity index is 921. The highest BCUT2D eigenvalue weighted by Crippen LogP contribution is 2.37. The minimum absolute atomic E-state index is 0.445. The number of nitrogens with two attached hydrogens (primary N) is 1. The number of aryl methyl sites for hydroxylation is 3. The maximum Gasteiger partial charge on any atom is 0.175 e. The lowest BCUT2D eigenvalue weighted by Crippen LogP contribution is -2.01. The van der Waals surface area contributed by atoms with Crippen molar-refractivity contribution in [1.82, 2.24) is 19.5 Å². The van der Waals surface area contributed by atoms with Crippen molar-refractivity contribution in [3.8, 4) is 0 Å². The first-order valence-electron chi connectivity index (χ1n) is 8.13. The monoisotopic (exact) mass is 451 g/mol. The van der Waals surface area contributed by atoms with Gasteiger partial charge in [-0.25, -0.2) is 15.0 Å². The van der Waals surface area contributed by atoms with Gasteiger partial charge in [0.05, 0.1) is 0 Å². The molecule has 3 aromatic rings. The van der Waals surface area contributed by atoms with E-state index in [1.54, 1.807) is 11.8 Å². The second kappa shape index (κ2) is 6.51. The molecule has 7 heteroatoms. The number of nitrogen functional groups attached to an aromatic ring is 1. The smallest absolute Gasteiger partial charge is 0.175 e. The molecule has 0 fully saturated rings. The number of hydrogen-bond donors (Lipinski definition) is 1. The molecule has 4 rings (SSSR count). The van der Waals surface area contributed by atoms with Gasteiger partial charge in [0.1, 0.15) is 6.33 Å². The quantitative estimate of drug-likeness (QED) is 0.606. The second-order valence-electron chi connectivity index (χ2n) is 5.98. The third kappa shape index (κ3) is 2.77. The van der Waals surface area contributed by atoms with Gasteiger partial charge < -0.3 is 10.3 Å². The first kappa shape index (κ1) is 16.1. The zero-order valence-corrected chi connectivity index (χ0v) is 16.4. The summed E-state index contributed by atoms with van der Waals surface area (Å²) >= 11 is 4.13. The van der Waals surface area contributed by atoms with Crippen molar-refractivity contribution in [2.75, 3.05) is 5.73 Å². The van der Waals surface area contributed by atoms with Crippen LogP contribution in [0.2, 0.25) is 0 Å². The van der Waals surface area contributed by atoms with E-state index in [4.69, 9.17) is 10.7 Å². The molecule has 1 aromatic carbocycles. The molecular formula is C17H18IN5S. The molecule has 0 radical (unpaired) electrons. The Morgan fingerprint density at radius 1 is 1.25 bits per heavy atom. The van der Waals surface area contributed by atoms with E-state index < -0.39 is 0 Å². The van der Waals surface area contributed by atoms with Crippen molar-refractivity contribution in [2.24, 2.45) is 0 Å². The summed E-state index contributed by atoms with van der Waals surface area (Å²) < 4.78 is 3.44. The second-order valence-corrected chi connectivity index (χ2v) is 8.16. The predicted molar refractivity (Wildman–Crippen MR) is 105 cm³/mol. The lowest BCUT2D eigenvalue weighted by atomic mass is 10.1. The van der Waals surface area contributed by atoms with Gasteiger partial charge in [-0.1, -0.05) is 18.7 Å². The SMILES string of the molecule is CCCn1c(Sc2cc3c(cc2I)CCC3)nc2c(N)ncnc21. The number of fused-ring (bicyclic) bond motifs is 2. The number of benzene rings is 1. The Kier molecular flexibility index (Phi) is 4.38.